The summed E-state index contributed by atoms with van der Waals surface area (Å²) in [5.41, 5.74) is 1.55. The summed E-state index contributed by atoms with van der Waals surface area (Å²) in [6.07, 6.45) is -1.35. The number of amides is 1. The summed E-state index contributed by atoms with van der Waals surface area (Å²) in [5, 5.41) is 9.22. The van der Waals surface area contributed by atoms with Gasteiger partial charge in [0.15, 0.2) is 6.10 Å². The molecule has 0 aliphatic rings. The van der Waals surface area contributed by atoms with Gasteiger partial charge < -0.3 is 29.0 Å². The smallest absolute Gasteiger partial charge is 0.415 e. The molecule has 10 heteroatoms. The number of carbonyl (C=O) groups excluding carboxylic acids is 1. The van der Waals surface area contributed by atoms with E-state index in [1.165, 1.54) is 4.90 Å². The predicted octanol–water partition coefficient (Wildman–Crippen LogP) is 4.58. The molecule has 0 bridgehead atoms. The van der Waals surface area contributed by atoms with Crippen LogP contribution in [-0.2, 0) is 20.7 Å². The first-order valence-corrected chi connectivity index (χ1v) is 11.6. The predicted molar refractivity (Wildman–Crippen MR) is 129 cm³/mol. The van der Waals surface area contributed by atoms with Crippen LogP contribution in [0.1, 0.15) is 25.0 Å². The molecule has 0 spiro atoms. The number of hydrogen-bond donors (Lipinski definition) is 1. The van der Waals surface area contributed by atoms with Gasteiger partial charge in [-0.25, -0.2) is 18.4 Å². The lowest BCUT2D eigenvalue weighted by Crippen LogP contribution is -2.39. The van der Waals surface area contributed by atoms with Crippen LogP contribution in [-0.4, -0.2) is 73.6 Å². The second-order valence-corrected chi connectivity index (χ2v) is 8.22. The highest BCUT2D eigenvalue weighted by atomic mass is 19.3. The lowest BCUT2D eigenvalue weighted by atomic mass is 10.1. The number of carboxylic acid groups (broad SMARTS) is 1. The molecule has 0 saturated carbocycles. The number of para-hydroxylation sites is 1. The first-order valence-electron chi connectivity index (χ1n) is 11.6. The van der Waals surface area contributed by atoms with Gasteiger partial charge in [0.05, 0.1) is 13.2 Å². The lowest BCUT2D eigenvalue weighted by molar-refractivity contribution is -0.149. The van der Waals surface area contributed by atoms with Crippen LogP contribution in [0, 0.1) is 6.92 Å². The average Bonchev–Trinajstić information content (AvgIpc) is 2.82. The SMILES string of the molecule is CCOC(Cc1ccc(OCCN(CCOCC(C)(F)F)C(=O)Oc2ccccc2C)cc1)C(=O)O. The van der Waals surface area contributed by atoms with Crippen LogP contribution in [0.15, 0.2) is 48.5 Å². The molecule has 198 valence electrons. The summed E-state index contributed by atoms with van der Waals surface area (Å²) < 4.78 is 47.5. The lowest BCUT2D eigenvalue weighted by Gasteiger charge is -2.23. The van der Waals surface area contributed by atoms with E-state index in [4.69, 9.17) is 18.9 Å². The van der Waals surface area contributed by atoms with Crippen molar-refractivity contribution in [2.45, 2.75) is 39.2 Å². The van der Waals surface area contributed by atoms with Gasteiger partial charge in [0, 0.05) is 26.5 Å². The molecule has 1 unspecified atom stereocenters. The molecule has 1 amide bonds. The molecule has 36 heavy (non-hydrogen) atoms. The van der Waals surface area contributed by atoms with E-state index in [1.807, 2.05) is 6.07 Å². The Labute approximate surface area is 209 Å². The minimum absolute atomic E-state index is 0.0388. The third kappa shape index (κ3) is 10.6. The van der Waals surface area contributed by atoms with Gasteiger partial charge in [-0.3, -0.25) is 0 Å². The van der Waals surface area contributed by atoms with Crippen molar-refractivity contribution in [2.24, 2.45) is 0 Å². The number of rotatable bonds is 15. The zero-order valence-corrected chi connectivity index (χ0v) is 20.7. The zero-order chi connectivity index (χ0) is 26.6. The molecule has 0 aliphatic carbocycles. The Kier molecular flexibility index (Phi) is 11.6. The van der Waals surface area contributed by atoms with Crippen LogP contribution in [0.2, 0.25) is 0 Å². The Bertz CT molecular complexity index is 964. The van der Waals surface area contributed by atoms with Gasteiger partial charge in [0.2, 0.25) is 0 Å². The summed E-state index contributed by atoms with van der Waals surface area (Å²) in [5.74, 6) is -3.07. The molecule has 2 rings (SSSR count). The first-order chi connectivity index (χ1) is 17.1. The number of halogens is 2. The highest BCUT2D eigenvalue weighted by Gasteiger charge is 2.22. The van der Waals surface area contributed by atoms with Crippen molar-refractivity contribution in [2.75, 3.05) is 39.5 Å². The molecule has 1 atom stereocenters. The van der Waals surface area contributed by atoms with E-state index in [9.17, 15) is 23.5 Å². The number of aliphatic carboxylic acids is 1. The van der Waals surface area contributed by atoms with Crippen molar-refractivity contribution in [3.05, 3.63) is 59.7 Å². The summed E-state index contributed by atoms with van der Waals surface area (Å²) in [6, 6.07) is 13.9. The highest BCUT2D eigenvalue weighted by Crippen LogP contribution is 2.18. The minimum atomic E-state index is -2.96. The summed E-state index contributed by atoms with van der Waals surface area (Å²) in [7, 11) is 0. The molecule has 8 nitrogen and oxygen atoms in total. The number of alkyl halides is 2. The van der Waals surface area contributed by atoms with Gasteiger partial charge >= 0.3 is 12.1 Å². The van der Waals surface area contributed by atoms with Crippen molar-refractivity contribution in [1.82, 2.24) is 4.90 Å². The Morgan fingerprint density at radius 2 is 1.72 bits per heavy atom. The van der Waals surface area contributed by atoms with Gasteiger partial charge in [0.1, 0.15) is 24.7 Å². The molecular formula is C26H33F2NO7. The van der Waals surface area contributed by atoms with Crippen LogP contribution in [0.4, 0.5) is 13.6 Å². The van der Waals surface area contributed by atoms with E-state index >= 15 is 0 Å². The molecule has 0 heterocycles. The molecule has 1 N–H and O–H groups in total. The molecule has 0 saturated heterocycles. The molecule has 0 aliphatic heterocycles. The summed E-state index contributed by atoms with van der Waals surface area (Å²) >= 11 is 0. The van der Waals surface area contributed by atoms with Gasteiger partial charge in [-0.05, 0) is 43.2 Å². The molecule has 0 radical (unpaired) electrons. The number of aryl methyl sites for hydroxylation is 1. The summed E-state index contributed by atoms with van der Waals surface area (Å²) in [4.78, 5) is 25.3. The van der Waals surface area contributed by atoms with E-state index in [0.29, 0.717) is 18.1 Å². The summed E-state index contributed by atoms with van der Waals surface area (Å²) in [6.45, 7) is 4.04. The largest absolute Gasteiger partial charge is 0.492 e. The normalized spacial score (nSPS) is 12.1. The number of hydrogen-bond acceptors (Lipinski definition) is 6. The second-order valence-electron chi connectivity index (χ2n) is 8.22. The monoisotopic (exact) mass is 509 g/mol. The fraction of sp³-hybridized carbons (Fsp3) is 0.462. The van der Waals surface area contributed by atoms with Gasteiger partial charge in [-0.1, -0.05) is 30.3 Å². The van der Waals surface area contributed by atoms with Crippen LogP contribution in [0.3, 0.4) is 0 Å². The fourth-order valence-corrected chi connectivity index (χ4v) is 3.18. The fourth-order valence-electron chi connectivity index (χ4n) is 3.18. The van der Waals surface area contributed by atoms with Gasteiger partial charge in [-0.2, -0.15) is 0 Å². The highest BCUT2D eigenvalue weighted by molar-refractivity contribution is 5.72. The van der Waals surface area contributed by atoms with Crippen LogP contribution in [0.5, 0.6) is 11.5 Å². The van der Waals surface area contributed by atoms with Crippen molar-refractivity contribution in [3.63, 3.8) is 0 Å². The van der Waals surface area contributed by atoms with Crippen molar-refractivity contribution in [3.8, 4) is 11.5 Å². The van der Waals surface area contributed by atoms with E-state index in [0.717, 1.165) is 18.1 Å². The number of carboxylic acids is 1. The van der Waals surface area contributed by atoms with Crippen LogP contribution >= 0.6 is 0 Å². The van der Waals surface area contributed by atoms with E-state index in [-0.39, 0.29) is 32.7 Å². The maximum Gasteiger partial charge on any atom is 0.415 e. The Hall–Kier alpha value is -3.24. The zero-order valence-electron chi connectivity index (χ0n) is 20.7. The van der Waals surface area contributed by atoms with Crippen LogP contribution < -0.4 is 9.47 Å². The topological polar surface area (TPSA) is 94.5 Å². The standard InChI is InChI=1S/C26H33F2NO7/c1-4-34-23(24(30)31)17-20-9-11-21(12-10-20)35-16-14-29(13-15-33-18-26(3,27)28)25(32)36-22-8-6-5-7-19(22)2/h5-12,23H,4,13-18H2,1-3H3,(H,30,31). The second kappa shape index (κ2) is 14.4. The van der Waals surface area contributed by atoms with Gasteiger partial charge in [-0.15, -0.1) is 0 Å². The minimum Gasteiger partial charge on any atom is -0.492 e. The maximum absolute atomic E-state index is 13.0. The molecule has 0 fully saturated rings. The molecule has 0 aromatic heterocycles. The first kappa shape index (κ1) is 29.0. The Morgan fingerprint density at radius 1 is 1.06 bits per heavy atom. The quantitative estimate of drug-likeness (QED) is 0.351. The molecular weight excluding hydrogens is 476 g/mol. The number of ether oxygens (including phenoxy) is 4. The third-order valence-corrected chi connectivity index (χ3v) is 5.03. The molecule has 2 aromatic carbocycles. The third-order valence-electron chi connectivity index (χ3n) is 5.03. The van der Waals surface area contributed by atoms with E-state index in [1.54, 1.807) is 56.3 Å². The Balaban J connectivity index is 1.93. The number of carbonyl (C=O) groups is 2. The van der Waals surface area contributed by atoms with Crippen molar-refractivity contribution in [1.29, 1.82) is 0 Å². The van der Waals surface area contributed by atoms with Crippen molar-refractivity contribution >= 4 is 12.1 Å². The van der Waals surface area contributed by atoms with Crippen LogP contribution in [0.25, 0.3) is 0 Å². The molecule has 2 aromatic rings. The van der Waals surface area contributed by atoms with E-state index < -0.39 is 30.7 Å². The van der Waals surface area contributed by atoms with Gasteiger partial charge in [0.25, 0.3) is 5.92 Å². The Morgan fingerprint density at radius 3 is 2.33 bits per heavy atom. The average molecular weight is 510 g/mol. The van der Waals surface area contributed by atoms with E-state index in [2.05, 4.69) is 0 Å². The number of nitrogens with zero attached hydrogens (tertiary/aromatic N) is 1. The maximum atomic E-state index is 13.0. The number of benzene rings is 2. The van der Waals surface area contributed by atoms with Crippen molar-refractivity contribution < 1.29 is 42.4 Å².